The molecule has 1 aromatic carbocycles. The van der Waals surface area contributed by atoms with E-state index in [-0.39, 0.29) is 23.8 Å². The topological polar surface area (TPSA) is 108 Å². The number of nitro groups is 1. The van der Waals surface area contributed by atoms with E-state index in [1.54, 1.807) is 6.92 Å². The fourth-order valence-corrected chi connectivity index (χ4v) is 2.98. The van der Waals surface area contributed by atoms with Gasteiger partial charge in [-0.2, -0.15) is 4.98 Å². The Balaban J connectivity index is 1.87. The van der Waals surface area contributed by atoms with Gasteiger partial charge in [0.15, 0.2) is 0 Å². The van der Waals surface area contributed by atoms with Gasteiger partial charge < -0.3 is 15.3 Å². The van der Waals surface area contributed by atoms with Crippen LogP contribution >= 0.6 is 0 Å². The average Bonchev–Trinajstić information content (AvgIpc) is 2.64. The third kappa shape index (κ3) is 4.47. The summed E-state index contributed by atoms with van der Waals surface area (Å²) in [4.78, 5) is 23.7. The standard InChI is InChI=1S/C17H21FN6O3/c1-12-15(24(26)27)16(20-14-4-2-13(18)3-5-14)21-17(19-12)23-8-6-22(7-9-23)10-11-25/h2-5,25H,6-11H2,1H3,(H,19,20,21). The number of aromatic nitrogens is 2. The predicted octanol–water partition coefficient (Wildman–Crippen LogP) is 1.69. The molecule has 1 aliphatic rings. The van der Waals surface area contributed by atoms with Crippen LogP contribution in [-0.2, 0) is 0 Å². The first-order valence-electron chi connectivity index (χ1n) is 8.61. The van der Waals surface area contributed by atoms with Gasteiger partial charge in [-0.05, 0) is 31.2 Å². The van der Waals surface area contributed by atoms with E-state index in [0.29, 0.717) is 31.3 Å². The number of aliphatic hydroxyl groups is 1. The molecule has 3 rings (SSSR count). The van der Waals surface area contributed by atoms with E-state index in [0.717, 1.165) is 13.1 Å². The number of benzene rings is 1. The molecule has 27 heavy (non-hydrogen) atoms. The zero-order valence-corrected chi connectivity index (χ0v) is 14.9. The van der Waals surface area contributed by atoms with Crippen LogP contribution in [0.2, 0.25) is 0 Å². The number of rotatable bonds is 6. The predicted molar refractivity (Wildman–Crippen MR) is 98.8 cm³/mol. The van der Waals surface area contributed by atoms with Crippen molar-refractivity contribution in [1.82, 2.24) is 14.9 Å². The lowest BCUT2D eigenvalue weighted by atomic mass is 10.3. The van der Waals surface area contributed by atoms with Crippen molar-refractivity contribution in [2.75, 3.05) is 49.5 Å². The molecule has 2 N–H and O–H groups in total. The monoisotopic (exact) mass is 376 g/mol. The summed E-state index contributed by atoms with van der Waals surface area (Å²) >= 11 is 0. The Morgan fingerprint density at radius 1 is 1.22 bits per heavy atom. The molecule has 0 atom stereocenters. The van der Waals surface area contributed by atoms with Crippen LogP contribution in [0.5, 0.6) is 0 Å². The number of hydrogen-bond acceptors (Lipinski definition) is 8. The van der Waals surface area contributed by atoms with Crippen LogP contribution in [0.1, 0.15) is 5.69 Å². The number of nitrogens with one attached hydrogen (secondary N) is 1. The Bertz CT molecular complexity index is 809. The third-order valence-corrected chi connectivity index (χ3v) is 4.41. The number of nitrogens with zero attached hydrogens (tertiary/aromatic N) is 5. The number of anilines is 3. The number of hydrogen-bond donors (Lipinski definition) is 2. The first-order chi connectivity index (χ1) is 13.0. The Morgan fingerprint density at radius 2 is 1.89 bits per heavy atom. The van der Waals surface area contributed by atoms with Gasteiger partial charge in [-0.25, -0.2) is 9.37 Å². The Morgan fingerprint density at radius 3 is 2.48 bits per heavy atom. The zero-order valence-electron chi connectivity index (χ0n) is 14.9. The van der Waals surface area contributed by atoms with Gasteiger partial charge >= 0.3 is 5.69 Å². The highest BCUT2D eigenvalue weighted by Crippen LogP contribution is 2.30. The minimum Gasteiger partial charge on any atom is -0.395 e. The van der Waals surface area contributed by atoms with Crippen LogP contribution in [0.4, 0.5) is 27.5 Å². The molecule has 0 saturated carbocycles. The molecule has 2 aromatic rings. The largest absolute Gasteiger partial charge is 0.395 e. The highest BCUT2D eigenvalue weighted by Gasteiger charge is 2.26. The van der Waals surface area contributed by atoms with Crippen LogP contribution in [-0.4, -0.2) is 64.2 Å². The van der Waals surface area contributed by atoms with E-state index in [4.69, 9.17) is 5.11 Å². The van der Waals surface area contributed by atoms with Crippen molar-refractivity contribution in [2.45, 2.75) is 6.92 Å². The maximum Gasteiger partial charge on any atom is 0.332 e. The number of halogens is 1. The number of aliphatic hydroxyl groups excluding tert-OH is 1. The molecule has 0 radical (unpaired) electrons. The molecule has 0 spiro atoms. The molecule has 10 heteroatoms. The number of aryl methyl sites for hydroxylation is 1. The van der Waals surface area contributed by atoms with Gasteiger partial charge in [0, 0.05) is 38.4 Å². The van der Waals surface area contributed by atoms with Gasteiger partial charge in [0.05, 0.1) is 11.5 Å². The van der Waals surface area contributed by atoms with Crippen molar-refractivity contribution >= 4 is 23.1 Å². The van der Waals surface area contributed by atoms with Crippen LogP contribution in [0.15, 0.2) is 24.3 Å². The molecular formula is C17H21FN6O3. The van der Waals surface area contributed by atoms with Crippen molar-refractivity contribution in [3.63, 3.8) is 0 Å². The van der Waals surface area contributed by atoms with E-state index < -0.39 is 10.7 Å². The molecule has 0 bridgehead atoms. The lowest BCUT2D eigenvalue weighted by molar-refractivity contribution is -0.385. The van der Waals surface area contributed by atoms with Gasteiger partial charge in [0.2, 0.25) is 11.8 Å². The maximum absolute atomic E-state index is 13.1. The zero-order chi connectivity index (χ0) is 19.4. The maximum atomic E-state index is 13.1. The van der Waals surface area contributed by atoms with E-state index in [9.17, 15) is 14.5 Å². The second-order valence-corrected chi connectivity index (χ2v) is 6.25. The van der Waals surface area contributed by atoms with Gasteiger partial charge in [-0.15, -0.1) is 0 Å². The summed E-state index contributed by atoms with van der Waals surface area (Å²) in [7, 11) is 0. The highest BCUT2D eigenvalue weighted by atomic mass is 19.1. The fourth-order valence-electron chi connectivity index (χ4n) is 2.98. The highest BCUT2D eigenvalue weighted by molar-refractivity contribution is 5.68. The lowest BCUT2D eigenvalue weighted by Crippen LogP contribution is -2.47. The second-order valence-electron chi connectivity index (χ2n) is 6.25. The summed E-state index contributed by atoms with van der Waals surface area (Å²) in [5.74, 6) is 0.0913. The van der Waals surface area contributed by atoms with Crippen LogP contribution in [0.25, 0.3) is 0 Å². The molecular weight excluding hydrogens is 355 g/mol. The Labute approximate surface area is 155 Å². The molecule has 9 nitrogen and oxygen atoms in total. The summed E-state index contributed by atoms with van der Waals surface area (Å²) in [5, 5.41) is 23.4. The normalized spacial score (nSPS) is 15.0. The summed E-state index contributed by atoms with van der Waals surface area (Å²) < 4.78 is 13.1. The quantitative estimate of drug-likeness (QED) is 0.579. The van der Waals surface area contributed by atoms with Crippen molar-refractivity contribution in [2.24, 2.45) is 0 Å². The van der Waals surface area contributed by atoms with Crippen molar-refractivity contribution in [1.29, 1.82) is 0 Å². The second kappa shape index (κ2) is 8.23. The summed E-state index contributed by atoms with van der Waals surface area (Å²) in [6, 6.07) is 5.51. The minimum atomic E-state index is -0.524. The summed E-state index contributed by atoms with van der Waals surface area (Å²) in [5.41, 5.74) is 0.547. The van der Waals surface area contributed by atoms with E-state index in [1.807, 2.05) is 4.90 Å². The minimum absolute atomic E-state index is 0.0758. The molecule has 0 amide bonds. The van der Waals surface area contributed by atoms with E-state index in [2.05, 4.69) is 20.2 Å². The molecule has 1 saturated heterocycles. The molecule has 0 aliphatic carbocycles. The van der Waals surface area contributed by atoms with E-state index in [1.165, 1.54) is 24.3 Å². The lowest BCUT2D eigenvalue weighted by Gasteiger charge is -2.34. The van der Waals surface area contributed by atoms with Gasteiger partial charge in [0.25, 0.3) is 0 Å². The van der Waals surface area contributed by atoms with Gasteiger partial charge in [0.1, 0.15) is 11.5 Å². The SMILES string of the molecule is Cc1nc(N2CCN(CCO)CC2)nc(Nc2ccc(F)cc2)c1[N+](=O)[O-]. The molecule has 1 aliphatic heterocycles. The van der Waals surface area contributed by atoms with Crippen molar-refractivity contribution in [3.8, 4) is 0 Å². The number of β-amino-alcohol motifs (C(OH)–C–C–N with tert-alkyl or cyclic N) is 1. The van der Waals surface area contributed by atoms with Gasteiger partial charge in [-0.1, -0.05) is 0 Å². The van der Waals surface area contributed by atoms with E-state index >= 15 is 0 Å². The van der Waals surface area contributed by atoms with Crippen molar-refractivity contribution < 1.29 is 14.4 Å². The fraction of sp³-hybridized carbons (Fsp3) is 0.412. The summed E-state index contributed by atoms with van der Waals surface area (Å²) in [6.07, 6.45) is 0. The number of piperazine rings is 1. The molecule has 0 unspecified atom stereocenters. The summed E-state index contributed by atoms with van der Waals surface area (Å²) in [6.45, 7) is 5.12. The first kappa shape index (κ1) is 18.9. The van der Waals surface area contributed by atoms with Crippen LogP contribution < -0.4 is 10.2 Å². The molecule has 1 aromatic heterocycles. The van der Waals surface area contributed by atoms with Crippen LogP contribution in [0, 0.1) is 22.9 Å². The average molecular weight is 376 g/mol. The van der Waals surface area contributed by atoms with Crippen LogP contribution in [0.3, 0.4) is 0 Å². The Hall–Kier alpha value is -2.85. The van der Waals surface area contributed by atoms with Crippen molar-refractivity contribution in [3.05, 3.63) is 45.9 Å². The first-order valence-corrected chi connectivity index (χ1v) is 8.61. The molecule has 1 fully saturated rings. The smallest absolute Gasteiger partial charge is 0.332 e. The van der Waals surface area contributed by atoms with Gasteiger partial charge in [-0.3, -0.25) is 15.0 Å². The molecule has 2 heterocycles. The third-order valence-electron chi connectivity index (χ3n) is 4.41. The Kier molecular flexibility index (Phi) is 5.77. The molecule has 144 valence electrons.